The maximum atomic E-state index is 13.3. The zero-order valence-electron chi connectivity index (χ0n) is 8.97. The van der Waals surface area contributed by atoms with Crippen molar-refractivity contribution in [3.05, 3.63) is 64.2 Å². The maximum absolute atomic E-state index is 13.3. The van der Waals surface area contributed by atoms with Gasteiger partial charge in [0.1, 0.15) is 11.6 Å². The van der Waals surface area contributed by atoms with Crippen molar-refractivity contribution in [1.82, 2.24) is 0 Å². The number of hydrogen-bond acceptors (Lipinski definition) is 3. The summed E-state index contributed by atoms with van der Waals surface area (Å²) in [4.78, 5) is 9.87. The molecule has 2 rings (SSSR count). The minimum atomic E-state index is -0.839. The third-order valence-corrected chi connectivity index (χ3v) is 2.17. The Hall–Kier alpha value is -2.50. The zero-order valence-corrected chi connectivity index (χ0v) is 8.97. The fourth-order valence-corrected chi connectivity index (χ4v) is 1.32. The van der Waals surface area contributed by atoms with Crippen LogP contribution in [-0.2, 0) is 0 Å². The molecular formula is C12H7F2NO3. The van der Waals surface area contributed by atoms with Gasteiger partial charge < -0.3 is 4.74 Å². The Kier molecular flexibility index (Phi) is 3.18. The van der Waals surface area contributed by atoms with Crippen LogP contribution in [0, 0.1) is 21.7 Å². The number of hydrogen-bond donors (Lipinski definition) is 0. The second kappa shape index (κ2) is 4.79. The third kappa shape index (κ3) is 2.60. The molecule has 0 spiro atoms. The molecule has 0 heterocycles. The highest BCUT2D eigenvalue weighted by atomic mass is 19.1. The number of benzene rings is 2. The van der Waals surface area contributed by atoms with Crippen LogP contribution in [-0.4, -0.2) is 4.92 Å². The van der Waals surface area contributed by atoms with Gasteiger partial charge in [-0.05, 0) is 24.3 Å². The van der Waals surface area contributed by atoms with Crippen LogP contribution in [0.4, 0.5) is 14.5 Å². The summed E-state index contributed by atoms with van der Waals surface area (Å²) in [7, 11) is 0. The highest BCUT2D eigenvalue weighted by Crippen LogP contribution is 2.26. The molecule has 18 heavy (non-hydrogen) atoms. The largest absolute Gasteiger partial charge is 0.454 e. The first-order valence-electron chi connectivity index (χ1n) is 4.93. The van der Waals surface area contributed by atoms with E-state index < -0.39 is 16.6 Å². The molecule has 2 aromatic carbocycles. The van der Waals surface area contributed by atoms with Crippen LogP contribution in [0.2, 0.25) is 0 Å². The van der Waals surface area contributed by atoms with Crippen LogP contribution in [0.5, 0.6) is 11.5 Å². The summed E-state index contributed by atoms with van der Waals surface area (Å²) in [6.07, 6.45) is 0. The van der Waals surface area contributed by atoms with Crippen LogP contribution in [0.3, 0.4) is 0 Å². The Bertz CT molecular complexity index is 584. The Morgan fingerprint density at radius 3 is 2.28 bits per heavy atom. The van der Waals surface area contributed by atoms with E-state index in [4.69, 9.17) is 4.74 Å². The van der Waals surface area contributed by atoms with Gasteiger partial charge in [0, 0.05) is 18.2 Å². The molecule has 0 unspecified atom stereocenters. The zero-order chi connectivity index (χ0) is 13.1. The number of nitro groups is 1. The van der Waals surface area contributed by atoms with Crippen molar-refractivity contribution >= 4 is 5.69 Å². The summed E-state index contributed by atoms with van der Waals surface area (Å²) in [6.45, 7) is 0. The summed E-state index contributed by atoms with van der Waals surface area (Å²) >= 11 is 0. The lowest BCUT2D eigenvalue weighted by atomic mass is 10.3. The summed E-state index contributed by atoms with van der Waals surface area (Å²) in [5.74, 6) is -1.46. The Morgan fingerprint density at radius 2 is 1.72 bits per heavy atom. The third-order valence-electron chi connectivity index (χ3n) is 2.17. The Balaban J connectivity index is 2.21. The predicted molar refractivity (Wildman–Crippen MR) is 59.5 cm³/mol. The van der Waals surface area contributed by atoms with Crippen LogP contribution in [0.15, 0.2) is 42.5 Å². The lowest BCUT2D eigenvalue weighted by molar-refractivity contribution is -0.384. The van der Waals surface area contributed by atoms with Crippen molar-refractivity contribution in [2.75, 3.05) is 0 Å². The minimum Gasteiger partial charge on any atom is -0.454 e. The quantitative estimate of drug-likeness (QED) is 0.617. The molecule has 0 aliphatic rings. The SMILES string of the molecule is O=[N+]([O-])c1ccc(Oc2ccc(F)cc2F)cc1. The van der Waals surface area contributed by atoms with Gasteiger partial charge in [0.2, 0.25) is 0 Å². The number of nitrogens with zero attached hydrogens (tertiary/aromatic N) is 1. The number of ether oxygens (including phenoxy) is 1. The van der Waals surface area contributed by atoms with Crippen LogP contribution in [0.25, 0.3) is 0 Å². The van der Waals surface area contributed by atoms with Crippen molar-refractivity contribution in [3.63, 3.8) is 0 Å². The minimum absolute atomic E-state index is 0.0954. The van der Waals surface area contributed by atoms with Gasteiger partial charge in [-0.15, -0.1) is 0 Å². The van der Waals surface area contributed by atoms with Gasteiger partial charge in [0.05, 0.1) is 4.92 Å². The summed E-state index contributed by atoms with van der Waals surface area (Å²) in [5.41, 5.74) is -0.0954. The summed E-state index contributed by atoms with van der Waals surface area (Å²) in [5, 5.41) is 10.4. The average Bonchev–Trinajstić information content (AvgIpc) is 2.33. The van der Waals surface area contributed by atoms with Crippen molar-refractivity contribution in [3.8, 4) is 11.5 Å². The van der Waals surface area contributed by atoms with Crippen molar-refractivity contribution in [1.29, 1.82) is 0 Å². The van der Waals surface area contributed by atoms with E-state index in [-0.39, 0.29) is 17.2 Å². The highest BCUT2D eigenvalue weighted by Gasteiger charge is 2.08. The molecule has 0 saturated heterocycles. The number of nitro benzene ring substituents is 1. The molecule has 0 atom stereocenters. The first-order valence-corrected chi connectivity index (χ1v) is 4.93. The second-order valence-electron chi connectivity index (χ2n) is 3.43. The van der Waals surface area contributed by atoms with E-state index in [1.54, 1.807) is 0 Å². The van der Waals surface area contributed by atoms with E-state index in [0.29, 0.717) is 6.07 Å². The molecule has 6 heteroatoms. The molecule has 4 nitrogen and oxygen atoms in total. The molecule has 0 saturated carbocycles. The van der Waals surface area contributed by atoms with Crippen molar-refractivity contribution < 1.29 is 18.4 Å². The monoisotopic (exact) mass is 251 g/mol. The molecule has 0 aliphatic heterocycles. The van der Waals surface area contributed by atoms with Crippen molar-refractivity contribution in [2.45, 2.75) is 0 Å². The van der Waals surface area contributed by atoms with Crippen molar-refractivity contribution in [2.24, 2.45) is 0 Å². The molecule has 0 amide bonds. The molecule has 0 radical (unpaired) electrons. The van der Waals surface area contributed by atoms with Gasteiger partial charge in [-0.25, -0.2) is 8.78 Å². The van der Waals surface area contributed by atoms with E-state index in [1.807, 2.05) is 0 Å². The molecule has 0 aliphatic carbocycles. The topological polar surface area (TPSA) is 52.4 Å². The van der Waals surface area contributed by atoms with Gasteiger partial charge in [-0.1, -0.05) is 0 Å². The maximum Gasteiger partial charge on any atom is 0.269 e. The first kappa shape index (κ1) is 12.0. The first-order chi connectivity index (χ1) is 8.56. The van der Waals surface area contributed by atoms with Gasteiger partial charge >= 0.3 is 0 Å². The molecule has 0 fully saturated rings. The molecule has 2 aromatic rings. The van der Waals surface area contributed by atoms with E-state index in [0.717, 1.165) is 12.1 Å². The van der Waals surface area contributed by atoms with E-state index in [9.17, 15) is 18.9 Å². The summed E-state index contributed by atoms with van der Waals surface area (Å²) < 4.78 is 31.1. The molecule has 0 N–H and O–H groups in total. The standard InChI is InChI=1S/C12H7F2NO3/c13-8-1-6-12(11(14)7-8)18-10-4-2-9(3-5-10)15(16)17/h1-7H. The molecular weight excluding hydrogens is 244 g/mol. The number of non-ortho nitro benzene ring substituents is 1. The number of rotatable bonds is 3. The summed E-state index contributed by atoms with van der Waals surface area (Å²) in [6, 6.07) is 8.03. The molecule has 0 aromatic heterocycles. The fourth-order valence-electron chi connectivity index (χ4n) is 1.32. The highest BCUT2D eigenvalue weighted by molar-refractivity contribution is 5.38. The lowest BCUT2D eigenvalue weighted by Crippen LogP contribution is -1.91. The lowest BCUT2D eigenvalue weighted by Gasteiger charge is -2.06. The predicted octanol–water partition coefficient (Wildman–Crippen LogP) is 3.67. The Morgan fingerprint density at radius 1 is 1.06 bits per heavy atom. The van der Waals surface area contributed by atoms with Gasteiger partial charge in [0.15, 0.2) is 11.6 Å². The smallest absolute Gasteiger partial charge is 0.269 e. The van der Waals surface area contributed by atoms with E-state index in [1.165, 1.54) is 24.3 Å². The van der Waals surface area contributed by atoms with Gasteiger partial charge in [-0.2, -0.15) is 0 Å². The van der Waals surface area contributed by atoms with Crippen LogP contribution in [0.1, 0.15) is 0 Å². The van der Waals surface area contributed by atoms with Gasteiger partial charge in [0.25, 0.3) is 5.69 Å². The fraction of sp³-hybridized carbons (Fsp3) is 0. The molecule has 92 valence electrons. The molecule has 0 bridgehead atoms. The number of halogens is 2. The average molecular weight is 251 g/mol. The van der Waals surface area contributed by atoms with E-state index >= 15 is 0 Å². The van der Waals surface area contributed by atoms with Crippen LogP contribution >= 0.6 is 0 Å². The normalized spacial score (nSPS) is 10.1. The van der Waals surface area contributed by atoms with Crippen LogP contribution < -0.4 is 4.74 Å². The van der Waals surface area contributed by atoms with E-state index in [2.05, 4.69) is 0 Å². The van der Waals surface area contributed by atoms with Gasteiger partial charge in [-0.3, -0.25) is 10.1 Å². The second-order valence-corrected chi connectivity index (χ2v) is 3.43. The Labute approximate surface area is 101 Å².